The molecule has 13 heavy (non-hydrogen) atoms. The Morgan fingerprint density at radius 1 is 1.31 bits per heavy atom. The highest BCUT2D eigenvalue weighted by molar-refractivity contribution is 7.52. The van der Waals surface area contributed by atoms with Crippen molar-refractivity contribution in [3.05, 3.63) is 29.8 Å². The maximum Gasteiger partial charge on any atom is 0.346 e. The van der Waals surface area contributed by atoms with Gasteiger partial charge < -0.3 is 20.6 Å². The lowest BCUT2D eigenvalue weighted by atomic mass is 10.2. The molecule has 0 aromatic heterocycles. The molecule has 1 atom stereocenters. The lowest BCUT2D eigenvalue weighted by Gasteiger charge is -2.14. The van der Waals surface area contributed by atoms with Gasteiger partial charge in [0.2, 0.25) is 0 Å². The minimum absolute atomic E-state index is 0.0517. The Kier molecular flexibility index (Phi) is 2.73. The van der Waals surface area contributed by atoms with Gasteiger partial charge in [-0.2, -0.15) is 0 Å². The van der Waals surface area contributed by atoms with Crippen LogP contribution in [0.5, 0.6) is 5.75 Å². The zero-order chi connectivity index (χ0) is 10.1. The molecule has 72 valence electrons. The summed E-state index contributed by atoms with van der Waals surface area (Å²) in [5.74, 6) is -1.67. The molecule has 0 saturated heterocycles. The first-order valence-corrected chi connectivity index (χ1v) is 5.20. The van der Waals surface area contributed by atoms with Crippen molar-refractivity contribution in [3.63, 3.8) is 0 Å². The van der Waals surface area contributed by atoms with Gasteiger partial charge in [0, 0.05) is 5.56 Å². The Labute approximate surface area is 75.0 Å². The van der Waals surface area contributed by atoms with Crippen molar-refractivity contribution < 1.29 is 19.5 Å². The molecule has 0 saturated carbocycles. The van der Waals surface area contributed by atoms with Crippen molar-refractivity contribution in [2.24, 2.45) is 5.73 Å². The fourth-order valence-electron chi connectivity index (χ4n) is 0.919. The van der Waals surface area contributed by atoms with Gasteiger partial charge in [-0.3, -0.25) is 4.57 Å². The molecule has 1 aromatic rings. The van der Waals surface area contributed by atoms with Crippen LogP contribution in [0.3, 0.4) is 0 Å². The molecule has 1 aromatic carbocycles. The Morgan fingerprint density at radius 2 is 1.85 bits per heavy atom. The zero-order valence-electron chi connectivity index (χ0n) is 6.66. The predicted octanol–water partition coefficient (Wildman–Crippen LogP) is 0.527. The van der Waals surface area contributed by atoms with Crippen LogP contribution in [0, 0.1) is 0 Å². The number of phenolic OH excluding ortho intramolecular Hbond substituents is 1. The smallest absolute Gasteiger partial charge is 0.346 e. The first kappa shape index (κ1) is 10.2. The van der Waals surface area contributed by atoms with Gasteiger partial charge in [-0.15, -0.1) is 0 Å². The summed E-state index contributed by atoms with van der Waals surface area (Å²) in [6, 6.07) is 5.79. The molecule has 5 nitrogen and oxygen atoms in total. The van der Waals surface area contributed by atoms with E-state index in [0.29, 0.717) is 0 Å². The van der Waals surface area contributed by atoms with Crippen LogP contribution in [-0.2, 0) is 4.57 Å². The summed E-state index contributed by atoms with van der Waals surface area (Å²) in [5.41, 5.74) is 5.30. The maximum absolute atomic E-state index is 10.7. The first-order valence-electron chi connectivity index (χ1n) is 3.51. The number of phenols is 1. The molecule has 0 aliphatic rings. The van der Waals surface area contributed by atoms with E-state index in [1.807, 2.05) is 0 Å². The Morgan fingerprint density at radius 3 is 2.31 bits per heavy atom. The number of benzene rings is 1. The highest BCUT2D eigenvalue weighted by Crippen LogP contribution is 2.49. The molecule has 1 unspecified atom stereocenters. The lowest BCUT2D eigenvalue weighted by molar-refractivity contribution is 0.357. The fourth-order valence-corrected chi connectivity index (χ4v) is 1.50. The number of aromatic hydroxyl groups is 1. The van der Waals surface area contributed by atoms with E-state index < -0.39 is 13.4 Å². The molecule has 1 rings (SSSR count). The van der Waals surface area contributed by atoms with Crippen LogP contribution in [0.2, 0.25) is 0 Å². The van der Waals surface area contributed by atoms with Crippen LogP contribution in [0.25, 0.3) is 0 Å². The van der Waals surface area contributed by atoms with Crippen molar-refractivity contribution in [2.45, 2.75) is 5.78 Å². The molecule has 6 heteroatoms. The SMILES string of the molecule is NC(c1ccccc1O)P(=O)(O)O. The average Bonchev–Trinajstić information content (AvgIpc) is 2.02. The molecule has 0 aliphatic heterocycles. The van der Waals surface area contributed by atoms with Gasteiger partial charge in [-0.1, -0.05) is 18.2 Å². The number of hydrogen-bond donors (Lipinski definition) is 4. The second-order valence-corrected chi connectivity index (χ2v) is 4.33. The summed E-state index contributed by atoms with van der Waals surface area (Å²) in [6.45, 7) is 0. The van der Waals surface area contributed by atoms with Crippen LogP contribution in [0.15, 0.2) is 24.3 Å². The van der Waals surface area contributed by atoms with Crippen LogP contribution >= 0.6 is 7.60 Å². The number of para-hydroxylation sites is 1. The largest absolute Gasteiger partial charge is 0.508 e. The molecule has 0 heterocycles. The van der Waals surface area contributed by atoms with Crippen LogP contribution in [0.1, 0.15) is 11.3 Å². The minimum atomic E-state index is -4.39. The highest BCUT2D eigenvalue weighted by atomic mass is 31.2. The molecular formula is C7H10NO4P. The van der Waals surface area contributed by atoms with Crippen molar-refractivity contribution in [1.29, 1.82) is 0 Å². The molecule has 0 fully saturated rings. The maximum atomic E-state index is 10.7. The third-order valence-corrected chi connectivity index (χ3v) is 2.62. The van der Waals surface area contributed by atoms with Crippen LogP contribution < -0.4 is 5.73 Å². The Bertz CT molecular complexity index is 348. The van der Waals surface area contributed by atoms with E-state index in [4.69, 9.17) is 15.5 Å². The standard InChI is InChI=1S/C7H10NO4P/c8-7(13(10,11)12)5-3-1-2-4-6(5)9/h1-4,7,9H,8H2,(H2,10,11,12). The zero-order valence-corrected chi connectivity index (χ0v) is 7.56. The number of hydrogen-bond acceptors (Lipinski definition) is 3. The van der Waals surface area contributed by atoms with Gasteiger partial charge in [0.15, 0.2) is 0 Å². The van der Waals surface area contributed by atoms with Gasteiger partial charge in [0.25, 0.3) is 0 Å². The van der Waals surface area contributed by atoms with E-state index in [9.17, 15) is 9.67 Å². The van der Waals surface area contributed by atoms with Crippen molar-refractivity contribution in [3.8, 4) is 5.75 Å². The van der Waals surface area contributed by atoms with E-state index in [2.05, 4.69) is 0 Å². The summed E-state index contributed by atoms with van der Waals surface area (Å²) in [4.78, 5) is 17.5. The van der Waals surface area contributed by atoms with E-state index in [-0.39, 0.29) is 11.3 Å². The molecular weight excluding hydrogens is 193 g/mol. The molecule has 5 N–H and O–H groups in total. The predicted molar refractivity (Wildman–Crippen MR) is 47.1 cm³/mol. The second kappa shape index (κ2) is 3.47. The third kappa shape index (κ3) is 2.29. The summed E-state index contributed by atoms with van der Waals surface area (Å²) in [7, 11) is -4.39. The van der Waals surface area contributed by atoms with Crippen LogP contribution in [0.4, 0.5) is 0 Å². The van der Waals surface area contributed by atoms with Crippen molar-refractivity contribution in [1.82, 2.24) is 0 Å². The van der Waals surface area contributed by atoms with E-state index in [1.54, 1.807) is 12.1 Å². The topological polar surface area (TPSA) is 104 Å². The normalized spacial score (nSPS) is 14.1. The fraction of sp³-hybridized carbons (Fsp3) is 0.143. The minimum Gasteiger partial charge on any atom is -0.508 e. The summed E-state index contributed by atoms with van der Waals surface area (Å²) in [5, 5.41) is 9.22. The van der Waals surface area contributed by atoms with E-state index >= 15 is 0 Å². The average molecular weight is 203 g/mol. The first-order chi connectivity index (χ1) is 5.93. The van der Waals surface area contributed by atoms with E-state index in [1.165, 1.54) is 12.1 Å². The lowest BCUT2D eigenvalue weighted by Crippen LogP contribution is -2.10. The van der Waals surface area contributed by atoms with Crippen molar-refractivity contribution >= 4 is 7.60 Å². The Hall–Kier alpha value is -0.870. The van der Waals surface area contributed by atoms with Gasteiger partial charge in [0.05, 0.1) is 0 Å². The quantitative estimate of drug-likeness (QED) is 0.525. The highest BCUT2D eigenvalue weighted by Gasteiger charge is 2.28. The molecule has 0 spiro atoms. The second-order valence-electron chi connectivity index (χ2n) is 2.59. The van der Waals surface area contributed by atoms with Gasteiger partial charge in [-0.05, 0) is 6.07 Å². The van der Waals surface area contributed by atoms with Crippen molar-refractivity contribution in [2.75, 3.05) is 0 Å². The van der Waals surface area contributed by atoms with Crippen LogP contribution in [-0.4, -0.2) is 14.9 Å². The molecule has 0 bridgehead atoms. The van der Waals surface area contributed by atoms with Gasteiger partial charge >= 0.3 is 7.60 Å². The van der Waals surface area contributed by atoms with Gasteiger partial charge in [0.1, 0.15) is 11.5 Å². The summed E-state index contributed by atoms with van der Waals surface area (Å²) >= 11 is 0. The molecule has 0 aliphatic carbocycles. The molecule has 0 amide bonds. The summed E-state index contributed by atoms with van der Waals surface area (Å²) in [6.07, 6.45) is 0. The Balaban J connectivity index is 3.09. The van der Waals surface area contributed by atoms with Gasteiger partial charge in [-0.25, -0.2) is 0 Å². The molecule has 0 radical (unpaired) electrons. The number of nitrogens with two attached hydrogens (primary N) is 1. The third-order valence-electron chi connectivity index (χ3n) is 1.62. The summed E-state index contributed by atoms with van der Waals surface area (Å²) < 4.78 is 10.7. The van der Waals surface area contributed by atoms with E-state index in [0.717, 1.165) is 0 Å². The monoisotopic (exact) mass is 203 g/mol. The number of rotatable bonds is 2.